The van der Waals surface area contributed by atoms with Crippen LogP contribution in [0.2, 0.25) is 0 Å². The van der Waals surface area contributed by atoms with E-state index in [2.05, 4.69) is 20.4 Å². The first kappa shape index (κ1) is 17.6. The summed E-state index contributed by atoms with van der Waals surface area (Å²) in [6.07, 6.45) is 3.23. The Morgan fingerprint density at radius 3 is 2.70 bits per heavy atom. The van der Waals surface area contributed by atoms with Crippen molar-refractivity contribution < 1.29 is 9.32 Å². The molecule has 7 heteroatoms. The van der Waals surface area contributed by atoms with Gasteiger partial charge in [0.15, 0.2) is 0 Å². The van der Waals surface area contributed by atoms with E-state index in [9.17, 15) is 4.79 Å². The zero-order valence-corrected chi connectivity index (χ0v) is 15.8. The van der Waals surface area contributed by atoms with Crippen molar-refractivity contribution in [1.29, 1.82) is 0 Å². The van der Waals surface area contributed by atoms with E-state index in [1.54, 1.807) is 11.9 Å². The van der Waals surface area contributed by atoms with E-state index in [4.69, 9.17) is 4.52 Å². The smallest absolute Gasteiger partial charge is 0.231 e. The van der Waals surface area contributed by atoms with Gasteiger partial charge in [0, 0.05) is 23.9 Å². The molecule has 0 aliphatic carbocycles. The van der Waals surface area contributed by atoms with Gasteiger partial charge in [0.1, 0.15) is 17.9 Å². The number of rotatable bonds is 3. The molecule has 3 heterocycles. The highest BCUT2D eigenvalue weighted by molar-refractivity contribution is 6.02. The largest absolute Gasteiger partial charge is 0.361 e. The van der Waals surface area contributed by atoms with Crippen molar-refractivity contribution in [3.05, 3.63) is 36.0 Å². The van der Waals surface area contributed by atoms with Crippen LogP contribution in [0.3, 0.4) is 0 Å². The number of hydrogen-bond acceptors (Lipinski definition) is 6. The average molecular weight is 365 g/mol. The lowest BCUT2D eigenvalue weighted by Crippen LogP contribution is -2.39. The number of nitrogens with zero attached hydrogens (tertiary/aromatic N) is 4. The maximum absolute atomic E-state index is 13.0. The second kappa shape index (κ2) is 7.08. The Balaban J connectivity index is 1.76. The van der Waals surface area contributed by atoms with Crippen LogP contribution in [-0.4, -0.2) is 41.2 Å². The molecule has 1 aromatic carbocycles. The van der Waals surface area contributed by atoms with E-state index in [1.807, 2.05) is 32.0 Å². The first-order chi connectivity index (χ1) is 13.1. The topological polar surface area (TPSA) is 84.2 Å². The molecular weight excluding hydrogens is 342 g/mol. The van der Waals surface area contributed by atoms with Crippen LogP contribution in [-0.2, 0) is 4.79 Å². The molecule has 0 atom stereocenters. The summed E-state index contributed by atoms with van der Waals surface area (Å²) in [5.74, 6) is 1.55. The predicted molar refractivity (Wildman–Crippen MR) is 104 cm³/mol. The molecule has 2 aromatic heterocycles. The summed E-state index contributed by atoms with van der Waals surface area (Å²) in [7, 11) is 1.80. The number of carbonyl (C=O) groups is 1. The van der Waals surface area contributed by atoms with Crippen molar-refractivity contribution in [3.63, 3.8) is 0 Å². The van der Waals surface area contributed by atoms with Gasteiger partial charge in [-0.2, -0.15) is 0 Å². The number of anilines is 1. The number of aryl methyl sites for hydroxylation is 2. The second-order valence-corrected chi connectivity index (χ2v) is 7.05. The van der Waals surface area contributed by atoms with Crippen LogP contribution in [0.5, 0.6) is 0 Å². The standard InChI is InChI=1S/C20H23N5O2/c1-12-18(13(2)27-24-12)15-4-5-17-16(10-15)19(23-11-22-17)25(3)20(26)14-6-8-21-9-7-14/h4-5,10-11,14,21H,6-9H2,1-3H3. The number of benzene rings is 1. The summed E-state index contributed by atoms with van der Waals surface area (Å²) in [4.78, 5) is 23.4. The van der Waals surface area contributed by atoms with Crippen LogP contribution in [0.25, 0.3) is 22.0 Å². The predicted octanol–water partition coefficient (Wildman–Crippen LogP) is 2.86. The van der Waals surface area contributed by atoms with Gasteiger partial charge in [-0.1, -0.05) is 11.2 Å². The summed E-state index contributed by atoms with van der Waals surface area (Å²) >= 11 is 0. The van der Waals surface area contributed by atoms with Crippen LogP contribution in [0.1, 0.15) is 24.3 Å². The molecule has 1 aliphatic rings. The number of aromatic nitrogens is 3. The van der Waals surface area contributed by atoms with Crippen LogP contribution < -0.4 is 10.2 Å². The summed E-state index contributed by atoms with van der Waals surface area (Å²) in [5, 5.41) is 8.19. The Morgan fingerprint density at radius 1 is 1.22 bits per heavy atom. The SMILES string of the molecule is Cc1noc(C)c1-c1ccc2ncnc(N(C)C(=O)C3CCNCC3)c2c1. The highest BCUT2D eigenvalue weighted by atomic mass is 16.5. The molecule has 4 rings (SSSR count). The van der Waals surface area contributed by atoms with Gasteiger partial charge in [-0.25, -0.2) is 9.97 Å². The van der Waals surface area contributed by atoms with Crippen molar-refractivity contribution in [2.75, 3.05) is 25.0 Å². The quantitative estimate of drug-likeness (QED) is 0.768. The fraction of sp³-hybridized carbons (Fsp3) is 0.400. The van der Waals surface area contributed by atoms with Gasteiger partial charge in [-0.05, 0) is 57.5 Å². The van der Waals surface area contributed by atoms with E-state index in [0.717, 1.165) is 59.4 Å². The molecule has 0 radical (unpaired) electrons. The molecule has 3 aromatic rings. The first-order valence-electron chi connectivity index (χ1n) is 9.22. The monoisotopic (exact) mass is 365 g/mol. The third-order valence-electron chi connectivity index (χ3n) is 5.27. The van der Waals surface area contributed by atoms with E-state index < -0.39 is 0 Å². The first-order valence-corrected chi connectivity index (χ1v) is 9.22. The Hall–Kier alpha value is -2.80. The van der Waals surface area contributed by atoms with E-state index in [-0.39, 0.29) is 11.8 Å². The minimum atomic E-state index is 0.0343. The van der Waals surface area contributed by atoms with Crippen LogP contribution in [0, 0.1) is 19.8 Å². The number of nitrogens with one attached hydrogen (secondary N) is 1. The van der Waals surface area contributed by atoms with Crippen molar-refractivity contribution in [1.82, 2.24) is 20.4 Å². The maximum Gasteiger partial charge on any atom is 0.231 e. The van der Waals surface area contributed by atoms with Crippen molar-refractivity contribution in [2.24, 2.45) is 5.92 Å². The Bertz CT molecular complexity index is 972. The Labute approximate surface area is 157 Å². The fourth-order valence-corrected chi connectivity index (χ4v) is 3.81. The molecule has 27 heavy (non-hydrogen) atoms. The summed E-state index contributed by atoms with van der Waals surface area (Å²) in [6, 6.07) is 5.97. The molecule has 1 N–H and O–H groups in total. The van der Waals surface area contributed by atoms with Gasteiger partial charge >= 0.3 is 0 Å². The third-order valence-corrected chi connectivity index (χ3v) is 5.27. The van der Waals surface area contributed by atoms with Gasteiger partial charge in [-0.3, -0.25) is 9.69 Å². The van der Waals surface area contributed by atoms with Crippen molar-refractivity contribution >= 4 is 22.6 Å². The number of piperidine rings is 1. The van der Waals surface area contributed by atoms with E-state index in [0.29, 0.717) is 5.82 Å². The second-order valence-electron chi connectivity index (χ2n) is 7.05. The minimum Gasteiger partial charge on any atom is -0.361 e. The highest BCUT2D eigenvalue weighted by Gasteiger charge is 2.26. The molecule has 140 valence electrons. The van der Waals surface area contributed by atoms with E-state index >= 15 is 0 Å². The molecule has 1 amide bonds. The summed E-state index contributed by atoms with van der Waals surface area (Å²) in [6.45, 7) is 5.58. The van der Waals surface area contributed by atoms with Crippen molar-refractivity contribution in [2.45, 2.75) is 26.7 Å². The number of amides is 1. The highest BCUT2D eigenvalue weighted by Crippen LogP contribution is 2.32. The molecule has 1 saturated heterocycles. The van der Waals surface area contributed by atoms with Crippen LogP contribution in [0.15, 0.2) is 29.0 Å². The number of fused-ring (bicyclic) bond motifs is 1. The number of hydrogen-bond donors (Lipinski definition) is 1. The van der Waals surface area contributed by atoms with Gasteiger partial charge in [-0.15, -0.1) is 0 Å². The third kappa shape index (κ3) is 3.19. The molecule has 1 fully saturated rings. The zero-order valence-electron chi connectivity index (χ0n) is 15.8. The fourth-order valence-electron chi connectivity index (χ4n) is 3.81. The lowest BCUT2D eigenvalue weighted by Gasteiger charge is -2.27. The lowest BCUT2D eigenvalue weighted by molar-refractivity contribution is -0.122. The zero-order chi connectivity index (χ0) is 19.0. The average Bonchev–Trinajstić information content (AvgIpc) is 3.05. The van der Waals surface area contributed by atoms with Gasteiger partial charge in [0.2, 0.25) is 5.91 Å². The van der Waals surface area contributed by atoms with Crippen LogP contribution in [0.4, 0.5) is 5.82 Å². The molecule has 1 aliphatic heterocycles. The lowest BCUT2D eigenvalue weighted by atomic mass is 9.96. The minimum absolute atomic E-state index is 0.0343. The summed E-state index contributed by atoms with van der Waals surface area (Å²) in [5.41, 5.74) is 3.60. The van der Waals surface area contributed by atoms with E-state index in [1.165, 1.54) is 6.33 Å². The summed E-state index contributed by atoms with van der Waals surface area (Å²) < 4.78 is 5.31. The molecule has 0 spiro atoms. The molecule has 7 nitrogen and oxygen atoms in total. The normalized spacial score (nSPS) is 15.2. The van der Waals surface area contributed by atoms with Crippen LogP contribution >= 0.6 is 0 Å². The van der Waals surface area contributed by atoms with Gasteiger partial charge in [0.05, 0.1) is 11.2 Å². The number of carbonyl (C=O) groups excluding carboxylic acids is 1. The molecule has 0 bridgehead atoms. The Morgan fingerprint density at radius 2 is 2.00 bits per heavy atom. The molecule has 0 unspecified atom stereocenters. The van der Waals surface area contributed by atoms with Gasteiger partial charge in [0.25, 0.3) is 0 Å². The maximum atomic E-state index is 13.0. The van der Waals surface area contributed by atoms with Crippen molar-refractivity contribution in [3.8, 4) is 11.1 Å². The molecule has 0 saturated carbocycles. The van der Waals surface area contributed by atoms with Gasteiger partial charge < -0.3 is 9.84 Å². The Kier molecular flexibility index (Phi) is 4.61. The molecular formula is C20H23N5O2.